The van der Waals surface area contributed by atoms with Crippen LogP contribution in [0.1, 0.15) is 37.0 Å². The summed E-state index contributed by atoms with van der Waals surface area (Å²) >= 11 is 6.16. The van der Waals surface area contributed by atoms with Gasteiger partial charge < -0.3 is 10.6 Å². The minimum absolute atomic E-state index is 0.181. The highest BCUT2D eigenvalue weighted by molar-refractivity contribution is 6.30. The molecule has 5 nitrogen and oxygen atoms in total. The number of hydrogen-bond donors (Lipinski definition) is 1. The molecular formula is C25H26ClN5. The van der Waals surface area contributed by atoms with Crippen molar-refractivity contribution in [2.45, 2.75) is 26.7 Å². The molecule has 6 heteroatoms. The van der Waals surface area contributed by atoms with Crippen molar-refractivity contribution in [1.29, 1.82) is 0 Å². The Kier molecular flexibility index (Phi) is 5.70. The smallest absolute Gasteiger partial charge is 0.142 e. The van der Waals surface area contributed by atoms with E-state index >= 15 is 0 Å². The van der Waals surface area contributed by atoms with Crippen LogP contribution in [0.3, 0.4) is 0 Å². The van der Waals surface area contributed by atoms with Crippen LogP contribution in [-0.4, -0.2) is 21.3 Å². The van der Waals surface area contributed by atoms with Gasteiger partial charge in [0.1, 0.15) is 11.6 Å². The van der Waals surface area contributed by atoms with Gasteiger partial charge in [-0.2, -0.15) is 0 Å². The number of rotatable bonds is 4. The van der Waals surface area contributed by atoms with Gasteiger partial charge in [0.25, 0.3) is 0 Å². The molecule has 0 spiro atoms. The van der Waals surface area contributed by atoms with E-state index in [1.165, 1.54) is 0 Å². The van der Waals surface area contributed by atoms with E-state index in [2.05, 4.69) is 51.4 Å². The maximum Gasteiger partial charge on any atom is 0.142 e. The van der Waals surface area contributed by atoms with Gasteiger partial charge in [-0.15, -0.1) is 10.2 Å². The number of allylic oxidation sites excluding steroid dienone is 4. The normalized spacial score (nSPS) is 16.2. The Hall–Kier alpha value is -3.31. The van der Waals surface area contributed by atoms with Crippen LogP contribution in [0, 0.1) is 6.92 Å². The predicted octanol–water partition coefficient (Wildman–Crippen LogP) is 5.92. The summed E-state index contributed by atoms with van der Waals surface area (Å²) < 4.78 is 2.15. The lowest BCUT2D eigenvalue weighted by Crippen LogP contribution is -2.22. The van der Waals surface area contributed by atoms with Gasteiger partial charge in [0.05, 0.1) is 11.4 Å². The van der Waals surface area contributed by atoms with E-state index in [-0.39, 0.29) is 5.92 Å². The first-order valence-corrected chi connectivity index (χ1v) is 10.6. The zero-order chi connectivity index (χ0) is 22.1. The molecule has 4 rings (SSSR count). The molecule has 158 valence electrons. The summed E-state index contributed by atoms with van der Waals surface area (Å²) in [5.74, 6) is 2.01. The Bertz CT molecular complexity index is 1190. The van der Waals surface area contributed by atoms with Gasteiger partial charge in [0.15, 0.2) is 0 Å². The van der Waals surface area contributed by atoms with Gasteiger partial charge >= 0.3 is 0 Å². The summed E-state index contributed by atoms with van der Waals surface area (Å²) in [6, 6.07) is 14.3. The van der Waals surface area contributed by atoms with Crippen LogP contribution in [0.4, 0.5) is 11.4 Å². The van der Waals surface area contributed by atoms with Crippen LogP contribution < -0.4 is 10.6 Å². The lowest BCUT2D eigenvalue weighted by Gasteiger charge is -2.27. The first-order valence-electron chi connectivity index (χ1n) is 10.2. The van der Waals surface area contributed by atoms with Gasteiger partial charge in [-0.25, -0.2) is 0 Å². The molecular weight excluding hydrogens is 406 g/mol. The molecule has 1 atom stereocenters. The molecule has 3 aromatic rings. The van der Waals surface area contributed by atoms with E-state index in [0.717, 1.165) is 52.0 Å². The van der Waals surface area contributed by atoms with Crippen molar-refractivity contribution < 1.29 is 0 Å². The predicted molar refractivity (Wildman–Crippen MR) is 129 cm³/mol. The number of aromatic nitrogens is 3. The zero-order valence-electron chi connectivity index (χ0n) is 18.0. The van der Waals surface area contributed by atoms with Crippen molar-refractivity contribution in [2.75, 3.05) is 11.4 Å². The molecule has 0 bridgehead atoms. The van der Waals surface area contributed by atoms with Gasteiger partial charge in [0.2, 0.25) is 0 Å². The minimum atomic E-state index is 0.181. The van der Waals surface area contributed by atoms with Crippen molar-refractivity contribution in [1.82, 2.24) is 14.8 Å². The number of nitrogens with two attached hydrogens (primary N) is 1. The zero-order valence-corrected chi connectivity index (χ0v) is 18.8. The minimum Gasteiger partial charge on any atom is -0.404 e. The molecule has 0 unspecified atom stereocenters. The molecule has 1 aromatic heterocycles. The molecule has 2 heterocycles. The van der Waals surface area contributed by atoms with Crippen molar-refractivity contribution in [3.05, 3.63) is 95.2 Å². The maximum atomic E-state index is 6.16. The summed E-state index contributed by atoms with van der Waals surface area (Å²) in [4.78, 5) is 2.31. The van der Waals surface area contributed by atoms with E-state index in [0.29, 0.717) is 5.02 Å². The molecule has 0 aliphatic carbocycles. The second kappa shape index (κ2) is 8.44. The van der Waals surface area contributed by atoms with Crippen LogP contribution in [0.5, 0.6) is 0 Å². The Labute approximate surface area is 188 Å². The summed E-state index contributed by atoms with van der Waals surface area (Å²) in [6.45, 7) is 10.8. The topological polar surface area (TPSA) is 60.0 Å². The molecule has 0 fully saturated rings. The van der Waals surface area contributed by atoms with Crippen LogP contribution in [0.25, 0.3) is 11.3 Å². The van der Waals surface area contributed by atoms with Crippen LogP contribution >= 0.6 is 11.6 Å². The van der Waals surface area contributed by atoms with E-state index in [4.69, 9.17) is 17.3 Å². The third-order valence-electron chi connectivity index (χ3n) is 5.45. The van der Waals surface area contributed by atoms with Crippen molar-refractivity contribution in [3.8, 4) is 5.69 Å². The van der Waals surface area contributed by atoms with E-state index in [1.54, 1.807) is 6.20 Å². The number of aryl methyl sites for hydroxylation is 1. The number of fused-ring (bicyclic) bond motifs is 3. The van der Waals surface area contributed by atoms with Crippen LogP contribution in [0.15, 0.2) is 73.0 Å². The van der Waals surface area contributed by atoms with Crippen molar-refractivity contribution in [2.24, 2.45) is 5.73 Å². The number of hydrogen-bond acceptors (Lipinski definition) is 4. The van der Waals surface area contributed by atoms with Crippen molar-refractivity contribution in [3.63, 3.8) is 0 Å². The highest BCUT2D eigenvalue weighted by atomic mass is 35.5. The van der Waals surface area contributed by atoms with Crippen LogP contribution in [0.2, 0.25) is 5.02 Å². The molecule has 0 saturated carbocycles. The molecule has 1 aliphatic rings. The average Bonchev–Trinajstić information content (AvgIpc) is 3.08. The number of benzene rings is 2. The quantitative estimate of drug-likeness (QED) is 0.521. The molecule has 0 saturated heterocycles. The van der Waals surface area contributed by atoms with Gasteiger partial charge in [-0.3, -0.25) is 4.57 Å². The largest absolute Gasteiger partial charge is 0.404 e. The SMILES string of the molecule is C=C(C)/C=C\C(=C/N)c1ccc2c(c1)N(c1ccc(Cl)cc1)C[C@@H](C)c1nnc(C)n1-2. The second-order valence-electron chi connectivity index (χ2n) is 7.93. The number of anilines is 2. The summed E-state index contributed by atoms with van der Waals surface area (Å²) in [5.41, 5.74) is 12.1. The Balaban J connectivity index is 1.92. The Morgan fingerprint density at radius 1 is 1.13 bits per heavy atom. The average molecular weight is 432 g/mol. The monoisotopic (exact) mass is 431 g/mol. The van der Waals surface area contributed by atoms with Gasteiger partial charge in [-0.05, 0) is 61.4 Å². The first kappa shape index (κ1) is 20.9. The third kappa shape index (κ3) is 4.01. The Morgan fingerprint density at radius 3 is 2.55 bits per heavy atom. The fourth-order valence-corrected chi connectivity index (χ4v) is 4.03. The van der Waals surface area contributed by atoms with E-state index < -0.39 is 0 Å². The summed E-state index contributed by atoms with van der Waals surface area (Å²) in [7, 11) is 0. The van der Waals surface area contributed by atoms with Gasteiger partial charge in [-0.1, -0.05) is 48.9 Å². The standard InChI is InChI=1S/C25H26ClN5/c1-16(2)5-6-20(14-27)19-7-12-23-24(13-19)30(22-10-8-21(26)9-11-22)15-17(3)25-29-28-18(4)31(23)25/h5-14,17H,1,15,27H2,2-4H3/b6-5-,20-14+/t17-/m1/s1. The first-order chi connectivity index (χ1) is 14.9. The van der Waals surface area contributed by atoms with E-state index in [9.17, 15) is 0 Å². The molecule has 0 radical (unpaired) electrons. The van der Waals surface area contributed by atoms with Crippen molar-refractivity contribution >= 4 is 28.5 Å². The lowest BCUT2D eigenvalue weighted by atomic mass is 10.0. The summed E-state index contributed by atoms with van der Waals surface area (Å²) in [5, 5.41) is 9.53. The lowest BCUT2D eigenvalue weighted by molar-refractivity contribution is 0.696. The molecule has 2 N–H and O–H groups in total. The molecule has 0 amide bonds. The maximum absolute atomic E-state index is 6.16. The Morgan fingerprint density at radius 2 is 1.87 bits per heavy atom. The van der Waals surface area contributed by atoms with Gasteiger partial charge in [0, 0.05) is 29.4 Å². The number of nitrogens with zero attached hydrogens (tertiary/aromatic N) is 4. The molecule has 31 heavy (non-hydrogen) atoms. The number of halogens is 1. The highest BCUT2D eigenvalue weighted by Gasteiger charge is 2.28. The fraction of sp³-hybridized carbons (Fsp3) is 0.200. The summed E-state index contributed by atoms with van der Waals surface area (Å²) in [6.07, 6.45) is 5.58. The second-order valence-corrected chi connectivity index (χ2v) is 8.37. The highest BCUT2D eigenvalue weighted by Crippen LogP contribution is 2.39. The van der Waals surface area contributed by atoms with Crippen LogP contribution in [-0.2, 0) is 0 Å². The molecule has 2 aromatic carbocycles. The fourth-order valence-electron chi connectivity index (χ4n) is 3.90. The molecule has 1 aliphatic heterocycles. The van der Waals surface area contributed by atoms with E-state index in [1.807, 2.05) is 50.3 Å². The third-order valence-corrected chi connectivity index (χ3v) is 5.70.